The van der Waals surface area contributed by atoms with E-state index in [0.717, 1.165) is 11.4 Å². The third-order valence-corrected chi connectivity index (χ3v) is 1.55. The second-order valence-electron chi connectivity index (χ2n) is 2.72. The summed E-state index contributed by atoms with van der Waals surface area (Å²) in [5, 5.41) is 3.09. The zero-order valence-electron chi connectivity index (χ0n) is 9.55. The molecule has 1 rings (SSSR count). The van der Waals surface area contributed by atoms with Gasteiger partial charge in [-0.15, -0.1) is 0 Å². The van der Waals surface area contributed by atoms with Gasteiger partial charge in [-0.05, 0) is 37.3 Å². The molecule has 0 amide bonds. The Balaban J connectivity index is 0.000000921. The molecule has 0 aliphatic rings. The number of benzene rings is 1. The lowest BCUT2D eigenvalue weighted by atomic mass is 10.3. The van der Waals surface area contributed by atoms with E-state index >= 15 is 0 Å². The Morgan fingerprint density at radius 1 is 1.27 bits per heavy atom. The number of rotatable bonds is 3. The lowest BCUT2D eigenvalue weighted by Crippen LogP contribution is -1.94. The van der Waals surface area contributed by atoms with Crippen LogP contribution in [-0.2, 0) is 0 Å². The van der Waals surface area contributed by atoms with Crippen LogP contribution in [0.1, 0.15) is 20.8 Å². The highest BCUT2D eigenvalue weighted by molar-refractivity contribution is 5.47. The predicted octanol–water partition coefficient (Wildman–Crippen LogP) is 4.35. The van der Waals surface area contributed by atoms with Crippen molar-refractivity contribution in [2.45, 2.75) is 20.8 Å². The van der Waals surface area contributed by atoms with Gasteiger partial charge in [0.1, 0.15) is 5.82 Å². The molecule has 0 aliphatic carbocycles. The molecule has 0 spiro atoms. The van der Waals surface area contributed by atoms with Gasteiger partial charge in [-0.2, -0.15) is 0 Å². The maximum atomic E-state index is 12.5. The molecule has 0 aliphatic heterocycles. The van der Waals surface area contributed by atoms with E-state index in [1.807, 2.05) is 26.8 Å². The van der Waals surface area contributed by atoms with Crippen LogP contribution in [0.5, 0.6) is 0 Å². The molecule has 0 radical (unpaired) electrons. The minimum Gasteiger partial charge on any atom is -0.359 e. The molecule has 1 nitrogen and oxygen atoms in total. The number of allylic oxidation sites excluding steroid dienone is 3. The van der Waals surface area contributed by atoms with Gasteiger partial charge in [0.25, 0.3) is 0 Å². The predicted molar refractivity (Wildman–Crippen MR) is 65.3 cm³/mol. The molecular formula is C13H18FN. The van der Waals surface area contributed by atoms with Crippen LogP contribution in [0.15, 0.2) is 48.7 Å². The maximum absolute atomic E-state index is 12.5. The second-order valence-corrected chi connectivity index (χ2v) is 2.72. The third kappa shape index (κ3) is 5.68. The van der Waals surface area contributed by atoms with E-state index < -0.39 is 0 Å². The molecule has 15 heavy (non-hydrogen) atoms. The highest BCUT2D eigenvalue weighted by atomic mass is 19.1. The van der Waals surface area contributed by atoms with E-state index in [4.69, 9.17) is 0 Å². The van der Waals surface area contributed by atoms with Gasteiger partial charge in [-0.1, -0.05) is 26.5 Å². The van der Waals surface area contributed by atoms with Gasteiger partial charge in [0, 0.05) is 11.4 Å². The van der Waals surface area contributed by atoms with Crippen molar-refractivity contribution in [1.82, 2.24) is 0 Å². The van der Waals surface area contributed by atoms with Crippen molar-refractivity contribution in [3.8, 4) is 0 Å². The summed E-state index contributed by atoms with van der Waals surface area (Å²) >= 11 is 0. The Bertz CT molecular complexity index is 312. The molecule has 0 bridgehead atoms. The molecule has 2 heteroatoms. The molecule has 0 atom stereocenters. The summed E-state index contributed by atoms with van der Waals surface area (Å²) in [5.74, 6) is -0.226. The van der Waals surface area contributed by atoms with Gasteiger partial charge < -0.3 is 5.32 Å². The molecule has 0 unspecified atom stereocenters. The number of halogens is 1. The van der Waals surface area contributed by atoms with Crippen LogP contribution >= 0.6 is 0 Å². The average molecular weight is 207 g/mol. The second kappa shape index (κ2) is 7.80. The fourth-order valence-corrected chi connectivity index (χ4v) is 0.979. The summed E-state index contributed by atoms with van der Waals surface area (Å²) in [6.45, 7) is 9.50. The van der Waals surface area contributed by atoms with Crippen LogP contribution in [0.25, 0.3) is 0 Å². The van der Waals surface area contributed by atoms with E-state index in [9.17, 15) is 4.39 Å². The Hall–Kier alpha value is -1.57. The number of nitrogens with one attached hydrogen (secondary N) is 1. The normalized spacial score (nSPS) is 10.0. The van der Waals surface area contributed by atoms with Crippen LogP contribution in [0, 0.1) is 5.82 Å². The maximum Gasteiger partial charge on any atom is 0.123 e. The Morgan fingerprint density at radius 2 is 1.80 bits per heavy atom. The van der Waals surface area contributed by atoms with E-state index in [1.165, 1.54) is 12.1 Å². The first-order valence-electron chi connectivity index (χ1n) is 5.04. The van der Waals surface area contributed by atoms with Crippen LogP contribution in [0.4, 0.5) is 10.1 Å². The number of hydrogen-bond acceptors (Lipinski definition) is 1. The first kappa shape index (κ1) is 13.4. The van der Waals surface area contributed by atoms with Gasteiger partial charge in [0.15, 0.2) is 0 Å². The van der Waals surface area contributed by atoms with Crippen molar-refractivity contribution in [2.24, 2.45) is 0 Å². The van der Waals surface area contributed by atoms with Crippen LogP contribution in [0.2, 0.25) is 0 Å². The van der Waals surface area contributed by atoms with Gasteiger partial charge in [0.2, 0.25) is 0 Å². The van der Waals surface area contributed by atoms with E-state index in [0.29, 0.717) is 0 Å². The largest absolute Gasteiger partial charge is 0.359 e. The van der Waals surface area contributed by atoms with E-state index in [-0.39, 0.29) is 5.82 Å². The summed E-state index contributed by atoms with van der Waals surface area (Å²) in [4.78, 5) is 0. The standard InChI is InChI=1S/C11H12FN.C2H6/c1-3-4-9(2)13-11-7-5-10(12)6-8-11;1-2/h3-8,13H,1H2,2H3;1-2H3/b9-4-;. The van der Waals surface area contributed by atoms with Gasteiger partial charge >= 0.3 is 0 Å². The molecule has 0 fully saturated rings. The average Bonchev–Trinajstić information content (AvgIpc) is 2.25. The third-order valence-electron chi connectivity index (χ3n) is 1.55. The molecule has 0 saturated heterocycles. The first-order chi connectivity index (χ1) is 7.22. The summed E-state index contributed by atoms with van der Waals surface area (Å²) in [6, 6.07) is 6.22. The van der Waals surface area contributed by atoms with E-state index in [2.05, 4.69) is 11.9 Å². The van der Waals surface area contributed by atoms with Crippen molar-refractivity contribution < 1.29 is 4.39 Å². The van der Waals surface area contributed by atoms with Crippen LogP contribution in [-0.4, -0.2) is 0 Å². The lowest BCUT2D eigenvalue weighted by molar-refractivity contribution is 0.628. The van der Waals surface area contributed by atoms with Crippen molar-refractivity contribution in [2.75, 3.05) is 5.32 Å². The first-order valence-corrected chi connectivity index (χ1v) is 5.04. The smallest absolute Gasteiger partial charge is 0.123 e. The summed E-state index contributed by atoms with van der Waals surface area (Å²) in [7, 11) is 0. The SMILES string of the molecule is C=C/C=C(/C)Nc1ccc(F)cc1.CC. The summed E-state index contributed by atoms with van der Waals surface area (Å²) in [6.07, 6.45) is 3.55. The fourth-order valence-electron chi connectivity index (χ4n) is 0.979. The molecule has 1 N–H and O–H groups in total. The van der Waals surface area contributed by atoms with E-state index in [1.54, 1.807) is 18.2 Å². The quantitative estimate of drug-likeness (QED) is 0.726. The van der Waals surface area contributed by atoms with Gasteiger partial charge in [-0.25, -0.2) is 4.39 Å². The summed E-state index contributed by atoms with van der Waals surface area (Å²) < 4.78 is 12.5. The number of hydrogen-bond donors (Lipinski definition) is 1. The van der Waals surface area contributed by atoms with Crippen molar-refractivity contribution in [3.63, 3.8) is 0 Å². The minimum absolute atomic E-state index is 0.226. The lowest BCUT2D eigenvalue weighted by Gasteiger charge is -2.04. The Labute approximate surface area is 91.3 Å². The van der Waals surface area contributed by atoms with Gasteiger partial charge in [0.05, 0.1) is 0 Å². The molecule has 0 aromatic heterocycles. The topological polar surface area (TPSA) is 12.0 Å². The van der Waals surface area contributed by atoms with Crippen molar-refractivity contribution in [3.05, 3.63) is 54.5 Å². The molecule has 1 aromatic rings. The Morgan fingerprint density at radius 3 is 2.27 bits per heavy atom. The van der Waals surface area contributed by atoms with Crippen molar-refractivity contribution in [1.29, 1.82) is 0 Å². The van der Waals surface area contributed by atoms with Crippen LogP contribution in [0.3, 0.4) is 0 Å². The molecule has 0 heterocycles. The minimum atomic E-state index is -0.226. The summed E-state index contributed by atoms with van der Waals surface area (Å²) in [5.41, 5.74) is 1.85. The van der Waals surface area contributed by atoms with Crippen LogP contribution < -0.4 is 5.32 Å². The highest BCUT2D eigenvalue weighted by Gasteiger charge is 1.92. The highest BCUT2D eigenvalue weighted by Crippen LogP contribution is 2.10. The molecule has 0 saturated carbocycles. The Kier molecular flexibility index (Phi) is 6.98. The number of anilines is 1. The molecule has 82 valence electrons. The molecular weight excluding hydrogens is 189 g/mol. The van der Waals surface area contributed by atoms with Gasteiger partial charge in [-0.3, -0.25) is 0 Å². The zero-order valence-corrected chi connectivity index (χ0v) is 9.55. The zero-order chi connectivity index (χ0) is 11.7. The fraction of sp³-hybridized carbons (Fsp3) is 0.231. The monoisotopic (exact) mass is 207 g/mol. The van der Waals surface area contributed by atoms with Crippen molar-refractivity contribution >= 4 is 5.69 Å². The molecule has 1 aromatic carbocycles.